The number of aryl methyl sites for hydroxylation is 2. The molecule has 0 radical (unpaired) electrons. The van der Waals surface area contributed by atoms with Crippen molar-refractivity contribution in [2.45, 2.75) is 13.8 Å². The fourth-order valence-corrected chi connectivity index (χ4v) is 3.36. The number of hydrogen-bond donors (Lipinski definition) is 2. The summed E-state index contributed by atoms with van der Waals surface area (Å²) in [6.45, 7) is 3.63. The van der Waals surface area contributed by atoms with Crippen LogP contribution >= 0.6 is 28.3 Å². The molecule has 8 nitrogen and oxygen atoms in total. The predicted molar refractivity (Wildman–Crippen MR) is 97.7 cm³/mol. The first kappa shape index (κ1) is 21.2. The lowest BCUT2D eigenvalue weighted by molar-refractivity contribution is -0.127. The number of carbonyl (C=O) groups is 2. The third kappa shape index (κ3) is 4.83. The lowest BCUT2D eigenvalue weighted by atomic mass is 10.2. The number of hydrazine groups is 1. The molecule has 11 heteroatoms. The van der Waals surface area contributed by atoms with Gasteiger partial charge in [-0.2, -0.15) is 0 Å². The highest BCUT2D eigenvalue weighted by Gasteiger charge is 2.18. The summed E-state index contributed by atoms with van der Waals surface area (Å²) in [5.41, 5.74) is 5.89. The van der Waals surface area contributed by atoms with Gasteiger partial charge in [-0.3, -0.25) is 29.2 Å². The average molecular weight is 437 g/mol. The van der Waals surface area contributed by atoms with Crippen LogP contribution in [0.15, 0.2) is 15.5 Å². The Hall–Kier alpha value is -1.85. The fourth-order valence-electron chi connectivity index (χ4n) is 2.09. The van der Waals surface area contributed by atoms with E-state index < -0.39 is 0 Å². The van der Waals surface area contributed by atoms with E-state index in [0.29, 0.717) is 11.9 Å². The maximum Gasteiger partial charge on any atom is 0.275 e. The Morgan fingerprint density at radius 1 is 1.48 bits per heavy atom. The smallest absolute Gasteiger partial charge is 0.275 e. The van der Waals surface area contributed by atoms with E-state index in [1.165, 1.54) is 15.6 Å². The first-order valence-electron chi connectivity index (χ1n) is 6.92. The standard InChI is InChI=1S/C10H10BrFN2OS.C4H8N2O3/c1-5-6(2)14(16-12)9-8(5)7(11)4-13(3)10(9)15;1-9-2-4(8)6-5-3-7/h4H,1-3H3;3H,2H2,1H3,(H,5,7)(H,6,8). The lowest BCUT2D eigenvalue weighted by Gasteiger charge is -2.02. The normalized spacial score (nSPS) is 10.2. The van der Waals surface area contributed by atoms with Gasteiger partial charge >= 0.3 is 0 Å². The van der Waals surface area contributed by atoms with Gasteiger partial charge in [0.2, 0.25) is 6.41 Å². The van der Waals surface area contributed by atoms with Crippen molar-refractivity contribution in [3.8, 4) is 0 Å². The number of nitrogens with one attached hydrogen (secondary N) is 2. The largest absolute Gasteiger partial charge is 0.375 e. The van der Waals surface area contributed by atoms with E-state index in [1.54, 1.807) is 20.2 Å². The molecular formula is C14H18BrFN4O4S. The van der Waals surface area contributed by atoms with Crippen molar-refractivity contribution in [2.75, 3.05) is 13.7 Å². The van der Waals surface area contributed by atoms with Gasteiger partial charge in [-0.25, -0.2) is 0 Å². The molecule has 25 heavy (non-hydrogen) atoms. The molecule has 0 aromatic carbocycles. The van der Waals surface area contributed by atoms with Crippen LogP contribution in [0.4, 0.5) is 3.89 Å². The van der Waals surface area contributed by atoms with E-state index in [-0.39, 0.29) is 30.4 Å². The van der Waals surface area contributed by atoms with Gasteiger partial charge in [-0.1, -0.05) is 0 Å². The molecule has 0 aliphatic rings. The molecule has 0 fully saturated rings. The SMILES string of the molecule is COCC(=O)NNC=O.Cc1c(C)n(SF)c2c(=O)n(C)cc(Br)c12. The summed E-state index contributed by atoms with van der Waals surface area (Å²) in [4.78, 5) is 31.9. The minimum Gasteiger partial charge on any atom is -0.375 e. The zero-order chi connectivity index (χ0) is 19.1. The van der Waals surface area contributed by atoms with Crippen LogP contribution in [-0.4, -0.2) is 34.6 Å². The maximum absolute atomic E-state index is 12.9. The number of hydrogen-bond acceptors (Lipinski definition) is 5. The number of halogens is 2. The molecule has 2 aromatic heterocycles. The number of ether oxygens (including phenoxy) is 1. The van der Waals surface area contributed by atoms with Gasteiger partial charge in [0.1, 0.15) is 12.1 Å². The molecule has 2 heterocycles. The zero-order valence-electron chi connectivity index (χ0n) is 14.1. The Morgan fingerprint density at radius 2 is 2.12 bits per heavy atom. The second kappa shape index (κ2) is 9.59. The number of nitrogens with zero attached hydrogens (tertiary/aromatic N) is 2. The molecule has 0 aliphatic heterocycles. The summed E-state index contributed by atoms with van der Waals surface area (Å²) in [7, 11) is 3.04. The third-order valence-corrected chi connectivity index (χ3v) is 4.54. The lowest BCUT2D eigenvalue weighted by Crippen LogP contribution is -2.38. The van der Waals surface area contributed by atoms with Gasteiger partial charge in [0.05, 0.1) is 0 Å². The number of fused-ring (bicyclic) bond motifs is 1. The van der Waals surface area contributed by atoms with E-state index in [9.17, 15) is 18.3 Å². The Bertz CT molecular complexity index is 837. The van der Waals surface area contributed by atoms with Crippen LogP contribution in [0.2, 0.25) is 0 Å². The molecule has 2 N–H and O–H groups in total. The molecule has 2 rings (SSSR count). The van der Waals surface area contributed by atoms with Crippen molar-refractivity contribution in [1.29, 1.82) is 0 Å². The van der Waals surface area contributed by atoms with Crippen LogP contribution in [0.3, 0.4) is 0 Å². The van der Waals surface area contributed by atoms with Crippen LogP contribution in [0.1, 0.15) is 11.3 Å². The second-order valence-corrected chi connectivity index (χ2v) is 6.29. The van der Waals surface area contributed by atoms with Crippen molar-refractivity contribution in [3.63, 3.8) is 0 Å². The van der Waals surface area contributed by atoms with Crippen LogP contribution in [0.25, 0.3) is 10.9 Å². The quantitative estimate of drug-likeness (QED) is 0.547. The summed E-state index contributed by atoms with van der Waals surface area (Å²) >= 11 is 3.46. The second-order valence-electron chi connectivity index (χ2n) is 4.93. The van der Waals surface area contributed by atoms with Crippen LogP contribution in [0.5, 0.6) is 0 Å². The maximum atomic E-state index is 12.9. The van der Waals surface area contributed by atoms with Crippen molar-refractivity contribution in [1.82, 2.24) is 19.4 Å². The number of aromatic nitrogens is 2. The van der Waals surface area contributed by atoms with Crippen molar-refractivity contribution < 1.29 is 18.2 Å². The predicted octanol–water partition coefficient (Wildman–Crippen LogP) is 1.51. The van der Waals surface area contributed by atoms with Crippen LogP contribution in [0, 0.1) is 13.8 Å². The molecule has 0 aliphatic carbocycles. The van der Waals surface area contributed by atoms with Crippen molar-refractivity contribution in [2.24, 2.45) is 7.05 Å². The van der Waals surface area contributed by atoms with E-state index in [1.807, 2.05) is 12.3 Å². The number of amides is 2. The van der Waals surface area contributed by atoms with Gasteiger partial charge < -0.3 is 9.30 Å². The molecule has 0 atom stereocenters. The van der Waals surface area contributed by atoms with Crippen LogP contribution < -0.4 is 16.4 Å². The highest BCUT2D eigenvalue weighted by Crippen LogP contribution is 2.32. The Labute approximate surface area is 156 Å². The fraction of sp³-hybridized carbons (Fsp3) is 0.357. The molecule has 0 unspecified atom stereocenters. The summed E-state index contributed by atoms with van der Waals surface area (Å²) in [6, 6.07) is 0. The van der Waals surface area contributed by atoms with E-state index in [4.69, 9.17) is 0 Å². The summed E-state index contributed by atoms with van der Waals surface area (Å²) in [5, 5.41) is 0.783. The van der Waals surface area contributed by atoms with Gasteiger partial charge in [-0.15, -0.1) is 3.89 Å². The molecule has 0 saturated heterocycles. The van der Waals surface area contributed by atoms with Gasteiger partial charge in [0.15, 0.2) is 12.3 Å². The number of pyridine rings is 1. The zero-order valence-corrected chi connectivity index (χ0v) is 16.5. The third-order valence-electron chi connectivity index (χ3n) is 3.35. The minimum absolute atomic E-state index is 0.0547. The molecule has 2 amide bonds. The Balaban J connectivity index is 0.000000299. The highest BCUT2D eigenvalue weighted by atomic mass is 79.9. The van der Waals surface area contributed by atoms with Crippen molar-refractivity contribution in [3.05, 3.63) is 32.3 Å². The molecule has 138 valence electrons. The van der Waals surface area contributed by atoms with E-state index >= 15 is 0 Å². The topological polar surface area (TPSA) is 94.4 Å². The van der Waals surface area contributed by atoms with Gasteiger partial charge in [0, 0.05) is 35.9 Å². The van der Waals surface area contributed by atoms with E-state index in [2.05, 4.69) is 26.1 Å². The molecule has 2 aromatic rings. The summed E-state index contributed by atoms with van der Waals surface area (Å²) < 4.78 is 20.9. The highest BCUT2D eigenvalue weighted by molar-refractivity contribution is 9.10. The number of rotatable bonds is 5. The number of methoxy groups -OCH3 is 1. The van der Waals surface area contributed by atoms with Crippen molar-refractivity contribution >= 4 is 51.5 Å². The summed E-state index contributed by atoms with van der Waals surface area (Å²) in [5.74, 6) is -0.385. The summed E-state index contributed by atoms with van der Waals surface area (Å²) in [6.07, 6.45) is 2.07. The molecule has 0 spiro atoms. The first-order valence-corrected chi connectivity index (χ1v) is 8.39. The van der Waals surface area contributed by atoms with Gasteiger partial charge in [-0.05, 0) is 35.3 Å². The molecule has 0 saturated carbocycles. The molecule has 0 bridgehead atoms. The first-order chi connectivity index (χ1) is 11.8. The van der Waals surface area contributed by atoms with Gasteiger partial charge in [0.25, 0.3) is 11.5 Å². The number of carbonyl (C=O) groups excluding carboxylic acids is 2. The van der Waals surface area contributed by atoms with Crippen LogP contribution in [-0.2, 0) is 21.4 Å². The molecular weight excluding hydrogens is 419 g/mol. The van der Waals surface area contributed by atoms with E-state index in [0.717, 1.165) is 21.1 Å². The average Bonchev–Trinajstić information content (AvgIpc) is 2.83. The Kier molecular flexibility index (Phi) is 8.13. The Morgan fingerprint density at radius 3 is 2.64 bits per heavy atom. The minimum atomic E-state index is -0.385. The monoisotopic (exact) mass is 436 g/mol.